The predicted octanol–water partition coefficient (Wildman–Crippen LogP) is 3.44. The number of carbonyl (C=O) groups is 1. The Balaban J connectivity index is 1.39. The molecule has 0 saturated carbocycles. The Kier molecular flexibility index (Phi) is 6.93. The average molecular weight is 371 g/mol. The number of carbonyl (C=O) groups excluding carboxylic acids is 1. The van der Waals surface area contributed by atoms with Gasteiger partial charge in [-0.3, -0.25) is 4.79 Å². The number of hydrogen-bond donors (Lipinski definition) is 1. The number of hydrogen-bond acceptors (Lipinski definition) is 4. The van der Waals surface area contributed by atoms with E-state index < -0.39 is 0 Å². The number of ether oxygens (including phenoxy) is 2. The van der Waals surface area contributed by atoms with Crippen LogP contribution in [0.5, 0.6) is 5.75 Å². The number of methoxy groups -OCH3 is 1. The highest BCUT2D eigenvalue weighted by molar-refractivity contribution is 5.78. The van der Waals surface area contributed by atoms with Crippen LogP contribution in [0.2, 0.25) is 0 Å². The largest absolute Gasteiger partial charge is 0.501 e. The van der Waals surface area contributed by atoms with Crippen LogP contribution in [0.25, 0.3) is 0 Å². The molecule has 0 aromatic heterocycles. The normalized spacial score (nSPS) is 19.5. The van der Waals surface area contributed by atoms with E-state index in [0.29, 0.717) is 11.7 Å². The fourth-order valence-electron chi connectivity index (χ4n) is 3.65. The van der Waals surface area contributed by atoms with Crippen molar-refractivity contribution in [2.75, 3.05) is 26.8 Å². The first-order valence-corrected chi connectivity index (χ1v) is 9.71. The van der Waals surface area contributed by atoms with Crippen LogP contribution in [0.4, 0.5) is 0 Å². The molecule has 146 valence electrons. The molecule has 1 atom stereocenters. The quantitative estimate of drug-likeness (QED) is 0.761. The summed E-state index contributed by atoms with van der Waals surface area (Å²) in [5.74, 6) is 2.34. The maximum absolute atomic E-state index is 12.4. The minimum atomic E-state index is 0.00904. The minimum Gasteiger partial charge on any atom is -0.501 e. The first kappa shape index (κ1) is 19.5. The number of benzene rings is 1. The summed E-state index contributed by atoms with van der Waals surface area (Å²) in [6.45, 7) is 1.73. The Morgan fingerprint density at radius 2 is 2.04 bits per heavy atom. The zero-order chi connectivity index (χ0) is 19.1. The molecule has 5 nitrogen and oxygen atoms in total. The van der Waals surface area contributed by atoms with Crippen LogP contribution in [0.15, 0.2) is 47.7 Å². The monoisotopic (exact) mass is 371 g/mol. The van der Waals surface area contributed by atoms with E-state index in [1.807, 2.05) is 4.90 Å². The van der Waals surface area contributed by atoms with Crippen molar-refractivity contribution in [3.8, 4) is 5.75 Å². The molecule has 1 unspecified atom stereocenters. The van der Waals surface area contributed by atoms with Crippen molar-refractivity contribution >= 4 is 5.91 Å². The van der Waals surface area contributed by atoms with E-state index in [1.54, 1.807) is 31.4 Å². The molecule has 0 radical (unpaired) electrons. The summed E-state index contributed by atoms with van der Waals surface area (Å²) >= 11 is 0. The number of likely N-dealkylation sites (tertiary alicyclic amines) is 1. The van der Waals surface area contributed by atoms with E-state index in [1.165, 1.54) is 5.57 Å². The number of rotatable bonds is 8. The number of nitrogens with zero attached hydrogens (tertiary/aromatic N) is 1. The van der Waals surface area contributed by atoms with E-state index in [-0.39, 0.29) is 19.1 Å². The summed E-state index contributed by atoms with van der Waals surface area (Å²) in [7, 11) is 1.72. The Morgan fingerprint density at radius 1 is 1.22 bits per heavy atom. The number of amides is 1. The topological polar surface area (TPSA) is 59.0 Å². The Labute approximate surface area is 161 Å². The second-order valence-corrected chi connectivity index (χ2v) is 7.29. The van der Waals surface area contributed by atoms with Crippen LogP contribution >= 0.6 is 0 Å². The highest BCUT2D eigenvalue weighted by Crippen LogP contribution is 2.27. The third-order valence-corrected chi connectivity index (χ3v) is 5.44. The smallest absolute Gasteiger partial charge is 0.260 e. The van der Waals surface area contributed by atoms with E-state index >= 15 is 0 Å². The first-order valence-electron chi connectivity index (χ1n) is 9.71. The number of aliphatic hydroxyl groups excluding tert-OH is 1. The Bertz CT molecular complexity index is 693. The summed E-state index contributed by atoms with van der Waals surface area (Å²) in [6, 6.07) is 7.17. The maximum atomic E-state index is 12.4. The molecular weight excluding hydrogens is 342 g/mol. The molecule has 1 aromatic carbocycles. The molecule has 1 aromatic rings. The van der Waals surface area contributed by atoms with Crippen molar-refractivity contribution in [1.82, 2.24) is 4.90 Å². The van der Waals surface area contributed by atoms with Crippen LogP contribution in [0, 0.1) is 5.92 Å². The van der Waals surface area contributed by atoms with E-state index in [2.05, 4.69) is 12.2 Å². The second kappa shape index (κ2) is 9.60. The third-order valence-electron chi connectivity index (χ3n) is 5.44. The van der Waals surface area contributed by atoms with Gasteiger partial charge in [0, 0.05) is 19.5 Å². The molecule has 1 N–H and O–H groups in total. The maximum Gasteiger partial charge on any atom is 0.260 e. The van der Waals surface area contributed by atoms with Gasteiger partial charge in [0.15, 0.2) is 6.61 Å². The molecule has 1 fully saturated rings. The number of aliphatic hydroxyl groups is 1. The van der Waals surface area contributed by atoms with Gasteiger partial charge in [-0.15, -0.1) is 0 Å². The first-order chi connectivity index (χ1) is 13.2. The lowest BCUT2D eigenvalue weighted by Gasteiger charge is -2.18. The van der Waals surface area contributed by atoms with Gasteiger partial charge in [0.05, 0.1) is 19.5 Å². The zero-order valence-corrected chi connectivity index (χ0v) is 16.0. The Hall–Kier alpha value is -2.27. The van der Waals surface area contributed by atoms with Crippen LogP contribution in [-0.2, 0) is 16.1 Å². The summed E-state index contributed by atoms with van der Waals surface area (Å²) in [5, 5.41) is 9.05. The van der Waals surface area contributed by atoms with Gasteiger partial charge in [-0.1, -0.05) is 23.8 Å². The van der Waals surface area contributed by atoms with Crippen molar-refractivity contribution in [3.05, 3.63) is 53.3 Å². The van der Waals surface area contributed by atoms with Crippen molar-refractivity contribution in [2.24, 2.45) is 5.92 Å². The molecule has 1 aliphatic heterocycles. The molecule has 1 heterocycles. The summed E-state index contributed by atoms with van der Waals surface area (Å²) in [5.41, 5.74) is 2.31. The van der Waals surface area contributed by atoms with Crippen molar-refractivity contribution in [1.29, 1.82) is 0 Å². The fraction of sp³-hybridized carbons (Fsp3) is 0.500. The number of allylic oxidation sites excluding steroid dienone is 4. The molecule has 1 aliphatic carbocycles. The highest BCUT2D eigenvalue weighted by Gasteiger charge is 2.26. The Morgan fingerprint density at radius 3 is 2.70 bits per heavy atom. The van der Waals surface area contributed by atoms with Gasteiger partial charge in [0.1, 0.15) is 5.75 Å². The van der Waals surface area contributed by atoms with Gasteiger partial charge >= 0.3 is 0 Å². The van der Waals surface area contributed by atoms with Crippen LogP contribution in [0.3, 0.4) is 0 Å². The van der Waals surface area contributed by atoms with Crippen LogP contribution < -0.4 is 4.74 Å². The summed E-state index contributed by atoms with van der Waals surface area (Å²) in [6.07, 6.45) is 9.66. The molecule has 0 bridgehead atoms. The molecule has 1 amide bonds. The molecule has 5 heteroatoms. The van der Waals surface area contributed by atoms with E-state index in [9.17, 15) is 4.79 Å². The van der Waals surface area contributed by atoms with Crippen LogP contribution in [0.1, 0.15) is 37.7 Å². The molecule has 27 heavy (non-hydrogen) atoms. The van der Waals surface area contributed by atoms with Gasteiger partial charge < -0.3 is 19.5 Å². The summed E-state index contributed by atoms with van der Waals surface area (Å²) in [4.78, 5) is 14.3. The summed E-state index contributed by atoms with van der Waals surface area (Å²) < 4.78 is 10.9. The van der Waals surface area contributed by atoms with Gasteiger partial charge in [-0.05, 0) is 55.4 Å². The second-order valence-electron chi connectivity index (χ2n) is 7.29. The molecule has 1 saturated heterocycles. The molecule has 3 rings (SSSR count). The third kappa shape index (κ3) is 5.60. The molecular formula is C22H29NO4. The van der Waals surface area contributed by atoms with Crippen LogP contribution in [-0.4, -0.2) is 42.7 Å². The fourth-order valence-corrected chi connectivity index (χ4v) is 3.65. The van der Waals surface area contributed by atoms with E-state index in [0.717, 1.165) is 56.5 Å². The lowest BCUT2D eigenvalue weighted by atomic mass is 9.94. The standard InChI is InChI=1S/C22H29NO4/c1-26-20-8-4-17(5-9-20)2-3-18-12-13-23(14-18)22(25)16-27-21-10-6-19(15-24)7-11-21/h4,6-8,10-11,18,24H,2-3,5,9,12-16H2,1H3. The minimum absolute atomic E-state index is 0.00904. The molecule has 2 aliphatic rings. The molecule has 0 spiro atoms. The van der Waals surface area contributed by atoms with Gasteiger partial charge in [0.25, 0.3) is 5.91 Å². The average Bonchev–Trinajstić information content (AvgIpc) is 3.20. The van der Waals surface area contributed by atoms with Gasteiger partial charge in [-0.25, -0.2) is 0 Å². The van der Waals surface area contributed by atoms with E-state index in [4.69, 9.17) is 14.6 Å². The predicted molar refractivity (Wildman–Crippen MR) is 104 cm³/mol. The van der Waals surface area contributed by atoms with Crippen molar-refractivity contribution in [3.63, 3.8) is 0 Å². The lowest BCUT2D eigenvalue weighted by Crippen LogP contribution is -2.33. The van der Waals surface area contributed by atoms with Gasteiger partial charge in [-0.2, -0.15) is 0 Å². The zero-order valence-electron chi connectivity index (χ0n) is 16.0. The van der Waals surface area contributed by atoms with Gasteiger partial charge in [0.2, 0.25) is 0 Å². The SMILES string of the molecule is COC1=CC=C(CCC2CCN(C(=O)COc3ccc(CO)cc3)C2)CC1. The van der Waals surface area contributed by atoms with Crippen molar-refractivity contribution < 1.29 is 19.4 Å². The van der Waals surface area contributed by atoms with Crippen molar-refractivity contribution in [2.45, 2.75) is 38.7 Å². The lowest BCUT2D eigenvalue weighted by molar-refractivity contribution is -0.132. The highest BCUT2D eigenvalue weighted by atomic mass is 16.5.